The third kappa shape index (κ3) is 1.95. The van der Waals surface area contributed by atoms with E-state index in [9.17, 15) is 0 Å². The molecule has 0 aromatic carbocycles. The van der Waals surface area contributed by atoms with E-state index in [1.54, 1.807) is 6.20 Å². The lowest BCUT2D eigenvalue weighted by molar-refractivity contribution is 0.306. The van der Waals surface area contributed by atoms with Crippen LogP contribution in [0.25, 0.3) is 0 Å². The quantitative estimate of drug-likeness (QED) is 0.576. The molecule has 4 nitrogen and oxygen atoms in total. The lowest BCUT2D eigenvalue weighted by Gasteiger charge is -2.22. The second kappa shape index (κ2) is 4.26. The van der Waals surface area contributed by atoms with Crippen molar-refractivity contribution in [3.63, 3.8) is 0 Å². The predicted molar refractivity (Wildman–Crippen MR) is 53.4 cm³/mol. The maximum atomic E-state index is 8.85. The maximum absolute atomic E-state index is 8.85. The molecule has 76 valence electrons. The van der Waals surface area contributed by atoms with Gasteiger partial charge in [-0.05, 0) is 19.3 Å². The van der Waals surface area contributed by atoms with Crippen molar-refractivity contribution in [3.05, 3.63) is 18.7 Å². The van der Waals surface area contributed by atoms with Crippen molar-refractivity contribution in [1.82, 2.24) is 9.55 Å². The molecule has 1 aromatic rings. The van der Waals surface area contributed by atoms with Gasteiger partial charge in [-0.2, -0.15) is 0 Å². The van der Waals surface area contributed by atoms with Crippen molar-refractivity contribution >= 4 is 5.71 Å². The Kier molecular flexibility index (Phi) is 2.81. The van der Waals surface area contributed by atoms with Gasteiger partial charge < -0.3 is 9.77 Å². The van der Waals surface area contributed by atoms with Gasteiger partial charge in [0, 0.05) is 24.9 Å². The van der Waals surface area contributed by atoms with E-state index in [4.69, 9.17) is 5.21 Å². The molecule has 1 aromatic heterocycles. The SMILES string of the molecule is O/N=C1/CCCCC1Cn1ccnc1. The molecular weight excluding hydrogens is 178 g/mol. The van der Waals surface area contributed by atoms with Crippen LogP contribution < -0.4 is 0 Å². The van der Waals surface area contributed by atoms with Gasteiger partial charge in [0.2, 0.25) is 0 Å². The number of nitrogens with zero attached hydrogens (tertiary/aromatic N) is 3. The van der Waals surface area contributed by atoms with Crippen molar-refractivity contribution in [2.45, 2.75) is 32.2 Å². The first-order valence-electron chi connectivity index (χ1n) is 5.06. The van der Waals surface area contributed by atoms with E-state index in [0.717, 1.165) is 31.5 Å². The minimum atomic E-state index is 0.392. The molecule has 2 rings (SSSR count). The van der Waals surface area contributed by atoms with Crippen molar-refractivity contribution in [2.24, 2.45) is 11.1 Å². The highest BCUT2D eigenvalue weighted by atomic mass is 16.4. The molecule has 0 radical (unpaired) electrons. The van der Waals surface area contributed by atoms with Crippen LogP contribution in [0.2, 0.25) is 0 Å². The number of rotatable bonds is 2. The highest BCUT2D eigenvalue weighted by molar-refractivity contribution is 5.86. The van der Waals surface area contributed by atoms with E-state index in [-0.39, 0.29) is 0 Å². The first-order chi connectivity index (χ1) is 6.90. The van der Waals surface area contributed by atoms with E-state index >= 15 is 0 Å². The highest BCUT2D eigenvalue weighted by Crippen LogP contribution is 2.23. The van der Waals surface area contributed by atoms with Crippen LogP contribution in [0.4, 0.5) is 0 Å². The van der Waals surface area contributed by atoms with Gasteiger partial charge >= 0.3 is 0 Å². The van der Waals surface area contributed by atoms with Gasteiger partial charge in [-0.1, -0.05) is 11.6 Å². The van der Waals surface area contributed by atoms with Crippen LogP contribution in [0, 0.1) is 5.92 Å². The second-order valence-corrected chi connectivity index (χ2v) is 3.79. The van der Waals surface area contributed by atoms with Gasteiger partial charge in [-0.15, -0.1) is 0 Å². The molecule has 1 N–H and O–H groups in total. The fourth-order valence-corrected chi connectivity index (χ4v) is 2.05. The zero-order chi connectivity index (χ0) is 9.80. The molecule has 4 heteroatoms. The highest BCUT2D eigenvalue weighted by Gasteiger charge is 2.20. The lowest BCUT2D eigenvalue weighted by atomic mass is 9.87. The first-order valence-corrected chi connectivity index (χ1v) is 5.06. The first kappa shape index (κ1) is 9.24. The smallest absolute Gasteiger partial charge is 0.0946 e. The molecule has 1 unspecified atom stereocenters. The Morgan fingerprint density at radius 2 is 2.50 bits per heavy atom. The van der Waals surface area contributed by atoms with Gasteiger partial charge in [0.1, 0.15) is 0 Å². The van der Waals surface area contributed by atoms with E-state index < -0.39 is 0 Å². The summed E-state index contributed by atoms with van der Waals surface area (Å²) in [7, 11) is 0. The van der Waals surface area contributed by atoms with E-state index in [1.165, 1.54) is 6.42 Å². The van der Waals surface area contributed by atoms with E-state index in [1.807, 2.05) is 17.1 Å². The molecule has 0 amide bonds. The molecule has 1 aliphatic carbocycles. The number of hydrogen-bond acceptors (Lipinski definition) is 3. The Morgan fingerprint density at radius 3 is 3.21 bits per heavy atom. The third-order valence-corrected chi connectivity index (χ3v) is 2.83. The van der Waals surface area contributed by atoms with Gasteiger partial charge in [0.15, 0.2) is 0 Å². The van der Waals surface area contributed by atoms with Crippen LogP contribution in [0.15, 0.2) is 23.9 Å². The number of hydrogen-bond donors (Lipinski definition) is 1. The second-order valence-electron chi connectivity index (χ2n) is 3.79. The molecule has 1 aliphatic rings. The van der Waals surface area contributed by atoms with Crippen LogP contribution in [0.3, 0.4) is 0 Å². The summed E-state index contributed by atoms with van der Waals surface area (Å²) in [4.78, 5) is 4.00. The van der Waals surface area contributed by atoms with Crippen LogP contribution >= 0.6 is 0 Å². The standard InChI is InChI=1S/C10H15N3O/c14-12-10-4-2-1-3-9(10)7-13-6-5-11-8-13/h5-6,8-9,14H,1-4,7H2/b12-10-. The molecule has 1 fully saturated rings. The summed E-state index contributed by atoms with van der Waals surface area (Å²) >= 11 is 0. The predicted octanol–water partition coefficient (Wildman–Crippen LogP) is 1.90. The van der Waals surface area contributed by atoms with Crippen molar-refractivity contribution < 1.29 is 5.21 Å². The maximum Gasteiger partial charge on any atom is 0.0946 e. The molecule has 0 bridgehead atoms. The van der Waals surface area contributed by atoms with E-state index in [2.05, 4.69) is 10.1 Å². The number of aromatic nitrogens is 2. The summed E-state index contributed by atoms with van der Waals surface area (Å²) in [5.41, 5.74) is 0.949. The molecule has 1 heterocycles. The van der Waals surface area contributed by atoms with Crippen molar-refractivity contribution in [1.29, 1.82) is 0 Å². The van der Waals surface area contributed by atoms with Crippen LogP contribution in [0.5, 0.6) is 0 Å². The Bertz CT molecular complexity index is 305. The molecule has 14 heavy (non-hydrogen) atoms. The molecule has 0 saturated heterocycles. The lowest BCUT2D eigenvalue weighted by Crippen LogP contribution is -2.23. The Hall–Kier alpha value is -1.32. The van der Waals surface area contributed by atoms with E-state index in [0.29, 0.717) is 5.92 Å². The van der Waals surface area contributed by atoms with Gasteiger partial charge in [0.25, 0.3) is 0 Å². The van der Waals surface area contributed by atoms with Gasteiger partial charge in [-0.3, -0.25) is 0 Å². The molecule has 0 spiro atoms. The zero-order valence-corrected chi connectivity index (χ0v) is 8.13. The Morgan fingerprint density at radius 1 is 1.57 bits per heavy atom. The number of imidazole rings is 1. The summed E-state index contributed by atoms with van der Waals surface area (Å²) < 4.78 is 2.04. The van der Waals surface area contributed by atoms with Crippen LogP contribution in [0.1, 0.15) is 25.7 Å². The fraction of sp³-hybridized carbons (Fsp3) is 0.600. The third-order valence-electron chi connectivity index (χ3n) is 2.83. The summed E-state index contributed by atoms with van der Waals surface area (Å²) in [6.07, 6.45) is 9.98. The molecular formula is C10H15N3O. The molecule has 0 aliphatic heterocycles. The topological polar surface area (TPSA) is 50.4 Å². The minimum absolute atomic E-state index is 0.392. The summed E-state index contributed by atoms with van der Waals surface area (Å²) in [5, 5.41) is 12.2. The molecule has 1 saturated carbocycles. The van der Waals surface area contributed by atoms with Crippen molar-refractivity contribution in [3.8, 4) is 0 Å². The van der Waals surface area contributed by atoms with Gasteiger partial charge in [0.05, 0.1) is 12.0 Å². The average molecular weight is 193 g/mol. The average Bonchev–Trinajstić information content (AvgIpc) is 2.71. The van der Waals surface area contributed by atoms with Gasteiger partial charge in [-0.25, -0.2) is 4.98 Å². The monoisotopic (exact) mass is 193 g/mol. The summed E-state index contributed by atoms with van der Waals surface area (Å²) in [6.45, 7) is 0.888. The normalized spacial score (nSPS) is 25.4. The summed E-state index contributed by atoms with van der Waals surface area (Å²) in [5.74, 6) is 0.392. The summed E-state index contributed by atoms with van der Waals surface area (Å²) in [6, 6.07) is 0. The van der Waals surface area contributed by atoms with Crippen LogP contribution in [-0.2, 0) is 6.54 Å². The van der Waals surface area contributed by atoms with Crippen molar-refractivity contribution in [2.75, 3.05) is 0 Å². The fourth-order valence-electron chi connectivity index (χ4n) is 2.05. The van der Waals surface area contributed by atoms with Crippen LogP contribution in [-0.4, -0.2) is 20.5 Å². The largest absolute Gasteiger partial charge is 0.411 e. The molecule has 1 atom stereocenters. The Balaban J connectivity index is 2.02. The Labute approximate surface area is 83.3 Å². The number of oxime groups is 1. The minimum Gasteiger partial charge on any atom is -0.411 e. The zero-order valence-electron chi connectivity index (χ0n) is 8.13.